The van der Waals surface area contributed by atoms with E-state index < -0.39 is 21.8 Å². The monoisotopic (exact) mass is 327 g/mol. The Morgan fingerprint density at radius 1 is 1.18 bits per heavy atom. The number of carbonyl (C=O) groups excluding carboxylic acids is 2. The lowest BCUT2D eigenvalue weighted by Gasteiger charge is -2.09. The van der Waals surface area contributed by atoms with Crippen molar-refractivity contribution >= 4 is 21.8 Å². The molecule has 0 bridgehead atoms. The maximum atomic E-state index is 12.0. The molecule has 1 aromatic carbocycles. The Morgan fingerprint density at radius 2 is 1.82 bits per heavy atom. The summed E-state index contributed by atoms with van der Waals surface area (Å²) in [5.41, 5.74) is 1.87. The molecule has 0 atom stereocenters. The number of rotatable bonds is 6. The van der Waals surface area contributed by atoms with Crippen molar-refractivity contribution in [2.45, 2.75) is 30.7 Å². The lowest BCUT2D eigenvalue weighted by molar-refractivity contribution is -0.139. The lowest BCUT2D eigenvalue weighted by Crippen LogP contribution is -2.48. The van der Waals surface area contributed by atoms with Gasteiger partial charge < -0.3 is 10.1 Å². The Bertz CT molecular complexity index is 653. The highest BCUT2D eigenvalue weighted by molar-refractivity contribution is 7.89. The highest BCUT2D eigenvalue weighted by Gasteiger charge is 2.27. The van der Waals surface area contributed by atoms with Crippen molar-refractivity contribution in [3.63, 3.8) is 0 Å². The van der Waals surface area contributed by atoms with Gasteiger partial charge in [-0.25, -0.2) is 8.42 Å². The first-order valence-electron chi connectivity index (χ1n) is 6.78. The van der Waals surface area contributed by atoms with E-state index >= 15 is 0 Å². The van der Waals surface area contributed by atoms with Gasteiger partial charge in [0.05, 0.1) is 11.5 Å². The first-order chi connectivity index (χ1) is 10.4. The van der Waals surface area contributed by atoms with Gasteiger partial charge in [0.2, 0.25) is 0 Å². The van der Waals surface area contributed by atoms with Gasteiger partial charge in [0.1, 0.15) is 5.75 Å². The molecule has 2 amide bonds. The quantitative estimate of drug-likeness (QED) is 0.489. The van der Waals surface area contributed by atoms with Crippen LogP contribution in [-0.2, 0) is 19.6 Å². The predicted molar refractivity (Wildman–Crippen MR) is 77.2 cm³/mol. The molecular formula is C13H17N3O5S. The van der Waals surface area contributed by atoms with Gasteiger partial charge in [-0.1, -0.05) is 0 Å². The van der Waals surface area contributed by atoms with Crippen LogP contribution in [0.2, 0.25) is 0 Å². The van der Waals surface area contributed by atoms with Gasteiger partial charge in [-0.05, 0) is 44.0 Å². The molecule has 22 heavy (non-hydrogen) atoms. The second-order valence-corrected chi connectivity index (χ2v) is 6.39. The molecule has 0 heterocycles. The van der Waals surface area contributed by atoms with Crippen molar-refractivity contribution in [2.24, 2.45) is 0 Å². The Labute approximate surface area is 128 Å². The zero-order chi connectivity index (χ0) is 16.2. The first-order valence-corrected chi connectivity index (χ1v) is 8.26. The highest BCUT2D eigenvalue weighted by atomic mass is 32.2. The Balaban J connectivity index is 1.92. The van der Waals surface area contributed by atoms with E-state index in [0.717, 1.165) is 12.8 Å². The number of hydrazine groups is 1. The van der Waals surface area contributed by atoms with E-state index in [-0.39, 0.29) is 10.9 Å². The van der Waals surface area contributed by atoms with Crippen LogP contribution in [0.3, 0.4) is 0 Å². The molecule has 2 rings (SSSR count). The molecule has 9 heteroatoms. The molecule has 3 N–H and O–H groups in total. The summed E-state index contributed by atoms with van der Waals surface area (Å²) in [7, 11) is -3.95. The second-order valence-electron chi connectivity index (χ2n) is 4.71. The lowest BCUT2D eigenvalue weighted by atomic mass is 10.3. The van der Waals surface area contributed by atoms with Gasteiger partial charge in [0.15, 0.2) is 0 Å². The van der Waals surface area contributed by atoms with Crippen LogP contribution < -0.4 is 20.3 Å². The molecular weight excluding hydrogens is 310 g/mol. The molecule has 1 aromatic rings. The molecule has 0 spiro atoms. The molecule has 1 aliphatic carbocycles. The standard InChI is InChI=1S/C13H17N3O5S/c1-2-21-10-5-7-11(8-6-10)22(19,20)16-15-13(18)12(17)14-9-3-4-9/h5-9,16H,2-4H2,1H3,(H,14,17)(H,15,18). The van der Waals surface area contributed by atoms with Gasteiger partial charge in [0, 0.05) is 6.04 Å². The average molecular weight is 327 g/mol. The summed E-state index contributed by atoms with van der Waals surface area (Å²) >= 11 is 0. The van der Waals surface area contributed by atoms with Crippen molar-refractivity contribution in [3.8, 4) is 5.75 Å². The fourth-order valence-electron chi connectivity index (χ4n) is 1.59. The van der Waals surface area contributed by atoms with Crippen LogP contribution in [0.1, 0.15) is 19.8 Å². The molecule has 0 aromatic heterocycles. The molecule has 0 aliphatic heterocycles. The van der Waals surface area contributed by atoms with E-state index in [4.69, 9.17) is 4.74 Å². The summed E-state index contributed by atoms with van der Waals surface area (Å²) in [4.78, 5) is 24.7. The van der Waals surface area contributed by atoms with Crippen molar-refractivity contribution in [1.82, 2.24) is 15.6 Å². The first kappa shape index (κ1) is 16.2. The fraction of sp³-hybridized carbons (Fsp3) is 0.385. The normalized spacial score (nSPS) is 14.2. The summed E-state index contributed by atoms with van der Waals surface area (Å²) in [5, 5.41) is 2.45. The van der Waals surface area contributed by atoms with Crippen LogP contribution in [0.5, 0.6) is 5.75 Å². The second kappa shape index (κ2) is 6.75. The summed E-state index contributed by atoms with van der Waals surface area (Å²) in [6.45, 7) is 2.28. The molecule has 120 valence electrons. The zero-order valence-electron chi connectivity index (χ0n) is 12.0. The van der Waals surface area contributed by atoms with E-state index in [1.807, 2.05) is 17.2 Å². The SMILES string of the molecule is CCOc1ccc(S(=O)(=O)NNC(=O)C(=O)NC2CC2)cc1. The number of sulfonamides is 1. The van der Waals surface area contributed by atoms with E-state index in [0.29, 0.717) is 12.4 Å². The number of hydrogen-bond donors (Lipinski definition) is 3. The number of benzene rings is 1. The largest absolute Gasteiger partial charge is 0.494 e. The van der Waals surface area contributed by atoms with Crippen LogP contribution in [0.4, 0.5) is 0 Å². The molecule has 1 saturated carbocycles. The minimum Gasteiger partial charge on any atom is -0.494 e. The van der Waals surface area contributed by atoms with Crippen LogP contribution in [0, 0.1) is 0 Å². The van der Waals surface area contributed by atoms with Crippen LogP contribution >= 0.6 is 0 Å². The van der Waals surface area contributed by atoms with Crippen LogP contribution in [-0.4, -0.2) is 32.9 Å². The molecule has 1 aliphatic rings. The van der Waals surface area contributed by atoms with Crippen molar-refractivity contribution < 1.29 is 22.7 Å². The summed E-state index contributed by atoms with van der Waals surface area (Å²) < 4.78 is 29.1. The third kappa shape index (κ3) is 4.43. The minimum absolute atomic E-state index is 0.0148. The van der Waals surface area contributed by atoms with Crippen LogP contribution in [0.25, 0.3) is 0 Å². The average Bonchev–Trinajstić information content (AvgIpc) is 3.29. The number of nitrogens with one attached hydrogen (secondary N) is 3. The van der Waals surface area contributed by atoms with Crippen LogP contribution in [0.15, 0.2) is 29.2 Å². The van der Waals surface area contributed by atoms with E-state index in [1.165, 1.54) is 24.3 Å². The van der Waals surface area contributed by atoms with Crippen molar-refractivity contribution in [2.75, 3.05) is 6.61 Å². The van der Waals surface area contributed by atoms with Gasteiger partial charge in [0.25, 0.3) is 10.0 Å². The van der Waals surface area contributed by atoms with Gasteiger partial charge >= 0.3 is 11.8 Å². The number of hydrogen-bond acceptors (Lipinski definition) is 5. The van der Waals surface area contributed by atoms with Crippen molar-refractivity contribution in [3.05, 3.63) is 24.3 Å². The Morgan fingerprint density at radius 3 is 2.36 bits per heavy atom. The minimum atomic E-state index is -3.95. The smallest absolute Gasteiger partial charge is 0.324 e. The zero-order valence-corrected chi connectivity index (χ0v) is 12.8. The van der Waals surface area contributed by atoms with Gasteiger partial charge in [-0.2, -0.15) is 0 Å². The van der Waals surface area contributed by atoms with Gasteiger partial charge in [-0.3, -0.25) is 15.0 Å². The Hall–Kier alpha value is -2.13. The predicted octanol–water partition coefficient (Wildman–Crippen LogP) is -0.327. The molecule has 0 unspecified atom stereocenters. The highest BCUT2D eigenvalue weighted by Crippen LogP contribution is 2.18. The molecule has 8 nitrogen and oxygen atoms in total. The maximum absolute atomic E-state index is 12.0. The number of amides is 2. The van der Waals surface area contributed by atoms with Gasteiger partial charge in [-0.15, -0.1) is 4.83 Å². The summed E-state index contributed by atoms with van der Waals surface area (Å²) in [6.07, 6.45) is 1.66. The topological polar surface area (TPSA) is 114 Å². The van der Waals surface area contributed by atoms with E-state index in [2.05, 4.69) is 5.32 Å². The maximum Gasteiger partial charge on any atom is 0.324 e. The summed E-state index contributed by atoms with van der Waals surface area (Å²) in [6, 6.07) is 5.69. The molecule has 0 radical (unpaired) electrons. The Kier molecular flexibility index (Phi) is 4.99. The number of ether oxygens (including phenoxy) is 1. The van der Waals surface area contributed by atoms with Crippen molar-refractivity contribution in [1.29, 1.82) is 0 Å². The number of carbonyl (C=O) groups is 2. The van der Waals surface area contributed by atoms with E-state index in [1.54, 1.807) is 0 Å². The fourth-order valence-corrected chi connectivity index (χ4v) is 2.43. The molecule has 0 saturated heterocycles. The van der Waals surface area contributed by atoms with E-state index in [9.17, 15) is 18.0 Å². The summed E-state index contributed by atoms with van der Waals surface area (Å²) in [5.74, 6) is -1.38. The third-order valence-corrected chi connectivity index (χ3v) is 4.13. The third-order valence-electron chi connectivity index (χ3n) is 2.86. The molecule has 1 fully saturated rings.